The maximum absolute atomic E-state index is 6.06. The van der Waals surface area contributed by atoms with Gasteiger partial charge in [-0.05, 0) is 19.1 Å². The molecule has 1 N–H and O–H groups in total. The van der Waals surface area contributed by atoms with E-state index in [1.54, 1.807) is 12.1 Å². The van der Waals surface area contributed by atoms with Gasteiger partial charge in [0.15, 0.2) is 0 Å². The lowest BCUT2D eigenvalue weighted by atomic mass is 10.3. The largest absolute Gasteiger partial charge is 0.339 e. The molecule has 0 amide bonds. The number of hydrogen-bond donors (Lipinski definition) is 1. The van der Waals surface area contributed by atoms with Gasteiger partial charge in [0.25, 0.3) is 0 Å². The molecule has 88 valence electrons. The molecule has 2 aromatic rings. The minimum absolute atomic E-state index is 0.403. The third kappa shape index (κ3) is 2.63. The number of hydrogen-bond acceptors (Lipinski definition) is 3. The van der Waals surface area contributed by atoms with Crippen molar-refractivity contribution < 1.29 is 0 Å². The number of halogens is 3. The Balaban J connectivity index is 2.38. The highest BCUT2D eigenvalue weighted by Gasteiger charge is 2.08. The molecule has 17 heavy (non-hydrogen) atoms. The topological polar surface area (TPSA) is 37.8 Å². The SMILES string of the molecule is Cc1c(Cl)ncnc1Nc1cccc(Cl)c1Cl. The zero-order valence-corrected chi connectivity index (χ0v) is 11.1. The highest BCUT2D eigenvalue weighted by molar-refractivity contribution is 6.43. The number of aromatic nitrogens is 2. The van der Waals surface area contributed by atoms with E-state index in [1.165, 1.54) is 6.33 Å². The Hall–Kier alpha value is -1.03. The maximum Gasteiger partial charge on any atom is 0.138 e. The van der Waals surface area contributed by atoms with Crippen LogP contribution in [0.1, 0.15) is 5.56 Å². The molecule has 0 fully saturated rings. The van der Waals surface area contributed by atoms with Gasteiger partial charge in [0.2, 0.25) is 0 Å². The number of nitrogens with zero attached hydrogens (tertiary/aromatic N) is 2. The van der Waals surface area contributed by atoms with Crippen LogP contribution in [-0.2, 0) is 0 Å². The van der Waals surface area contributed by atoms with Crippen LogP contribution in [0.5, 0.6) is 0 Å². The Kier molecular flexibility index (Phi) is 3.72. The van der Waals surface area contributed by atoms with Gasteiger partial charge in [-0.15, -0.1) is 0 Å². The molecule has 0 aliphatic rings. The monoisotopic (exact) mass is 287 g/mol. The first-order chi connectivity index (χ1) is 8.09. The van der Waals surface area contributed by atoms with Crippen LogP contribution in [0.25, 0.3) is 0 Å². The first-order valence-electron chi connectivity index (χ1n) is 4.77. The number of anilines is 2. The average Bonchev–Trinajstić information content (AvgIpc) is 2.31. The van der Waals surface area contributed by atoms with Crippen molar-refractivity contribution in [1.29, 1.82) is 0 Å². The van der Waals surface area contributed by atoms with Crippen LogP contribution < -0.4 is 5.32 Å². The first kappa shape index (κ1) is 12.4. The molecule has 2 rings (SSSR count). The second-order valence-electron chi connectivity index (χ2n) is 3.36. The molecule has 0 radical (unpaired) electrons. The fraction of sp³-hybridized carbons (Fsp3) is 0.0909. The van der Waals surface area contributed by atoms with Gasteiger partial charge in [-0.1, -0.05) is 40.9 Å². The number of benzene rings is 1. The van der Waals surface area contributed by atoms with Crippen LogP contribution in [0.2, 0.25) is 15.2 Å². The molecule has 0 bridgehead atoms. The van der Waals surface area contributed by atoms with Crippen molar-refractivity contribution in [2.45, 2.75) is 6.92 Å². The van der Waals surface area contributed by atoms with Crippen molar-refractivity contribution >= 4 is 46.3 Å². The summed E-state index contributed by atoms with van der Waals surface area (Å²) in [6.45, 7) is 1.82. The lowest BCUT2D eigenvalue weighted by Gasteiger charge is -2.10. The summed E-state index contributed by atoms with van der Waals surface area (Å²) < 4.78 is 0. The summed E-state index contributed by atoms with van der Waals surface area (Å²) in [6.07, 6.45) is 1.39. The van der Waals surface area contributed by atoms with E-state index >= 15 is 0 Å². The summed E-state index contributed by atoms with van der Waals surface area (Å²) in [7, 11) is 0. The maximum atomic E-state index is 6.06. The highest BCUT2D eigenvalue weighted by atomic mass is 35.5. The Morgan fingerprint density at radius 2 is 1.88 bits per heavy atom. The van der Waals surface area contributed by atoms with Gasteiger partial charge in [-0.2, -0.15) is 0 Å². The molecule has 0 saturated heterocycles. The Bertz CT molecular complexity index is 508. The van der Waals surface area contributed by atoms with E-state index in [1.807, 2.05) is 13.0 Å². The van der Waals surface area contributed by atoms with Gasteiger partial charge >= 0.3 is 0 Å². The molecule has 1 heterocycles. The van der Waals surface area contributed by atoms with E-state index in [4.69, 9.17) is 34.8 Å². The Morgan fingerprint density at radius 3 is 2.65 bits per heavy atom. The first-order valence-corrected chi connectivity index (χ1v) is 5.91. The summed E-state index contributed by atoms with van der Waals surface area (Å²) in [5, 5.41) is 4.40. The van der Waals surface area contributed by atoms with Gasteiger partial charge in [-0.3, -0.25) is 0 Å². The van der Waals surface area contributed by atoms with Gasteiger partial charge in [0.05, 0.1) is 15.7 Å². The van der Waals surface area contributed by atoms with Gasteiger partial charge in [0, 0.05) is 5.56 Å². The van der Waals surface area contributed by atoms with Gasteiger partial charge < -0.3 is 5.32 Å². The zero-order chi connectivity index (χ0) is 12.4. The van der Waals surface area contributed by atoms with E-state index < -0.39 is 0 Å². The van der Waals surface area contributed by atoms with Crippen LogP contribution in [0.4, 0.5) is 11.5 Å². The second kappa shape index (κ2) is 5.08. The molecule has 6 heteroatoms. The third-order valence-corrected chi connectivity index (χ3v) is 3.43. The summed E-state index contributed by atoms with van der Waals surface area (Å²) >= 11 is 17.9. The summed E-state index contributed by atoms with van der Waals surface area (Å²) in [5.41, 5.74) is 1.43. The quantitative estimate of drug-likeness (QED) is 0.827. The van der Waals surface area contributed by atoms with E-state index in [9.17, 15) is 0 Å². The second-order valence-corrected chi connectivity index (χ2v) is 4.51. The van der Waals surface area contributed by atoms with Crippen molar-refractivity contribution in [1.82, 2.24) is 9.97 Å². The van der Waals surface area contributed by atoms with Crippen molar-refractivity contribution in [3.05, 3.63) is 45.3 Å². The highest BCUT2D eigenvalue weighted by Crippen LogP contribution is 2.32. The van der Waals surface area contributed by atoms with Crippen LogP contribution in [-0.4, -0.2) is 9.97 Å². The molecule has 0 spiro atoms. The normalized spacial score (nSPS) is 10.4. The molecular weight excluding hydrogens is 281 g/mol. The predicted molar refractivity (Wildman–Crippen MR) is 71.5 cm³/mol. The molecule has 0 saturated carbocycles. The fourth-order valence-corrected chi connectivity index (χ4v) is 1.76. The number of nitrogens with one attached hydrogen (secondary N) is 1. The molecule has 3 nitrogen and oxygen atoms in total. The standard InChI is InChI=1S/C11H8Cl3N3/c1-6-10(14)15-5-16-11(6)17-8-4-2-3-7(12)9(8)13/h2-5H,1H3,(H,15,16,17). The number of rotatable bonds is 2. The van der Waals surface area contributed by atoms with E-state index in [0.29, 0.717) is 26.7 Å². The van der Waals surface area contributed by atoms with Crippen molar-refractivity contribution in [3.63, 3.8) is 0 Å². The Labute approximate surface area is 114 Å². The minimum Gasteiger partial charge on any atom is -0.339 e. The predicted octanol–water partition coefficient (Wildman–Crippen LogP) is 4.49. The summed E-state index contributed by atoms with van der Waals surface area (Å²) in [4.78, 5) is 7.97. The summed E-state index contributed by atoms with van der Waals surface area (Å²) in [5.74, 6) is 0.606. The molecule has 0 atom stereocenters. The van der Waals surface area contributed by atoms with E-state index in [2.05, 4.69) is 15.3 Å². The molecule has 0 unspecified atom stereocenters. The smallest absolute Gasteiger partial charge is 0.138 e. The molecular formula is C11H8Cl3N3. The average molecular weight is 289 g/mol. The third-order valence-electron chi connectivity index (χ3n) is 2.23. The van der Waals surface area contributed by atoms with Gasteiger partial charge in [0.1, 0.15) is 17.3 Å². The van der Waals surface area contributed by atoms with E-state index in [0.717, 1.165) is 5.56 Å². The van der Waals surface area contributed by atoms with Crippen LogP contribution in [0.15, 0.2) is 24.5 Å². The molecule has 0 aliphatic carbocycles. The van der Waals surface area contributed by atoms with Crippen LogP contribution in [0.3, 0.4) is 0 Å². The van der Waals surface area contributed by atoms with Gasteiger partial charge in [-0.25, -0.2) is 9.97 Å². The lowest BCUT2D eigenvalue weighted by molar-refractivity contribution is 1.13. The Morgan fingerprint density at radius 1 is 1.12 bits per heavy atom. The minimum atomic E-state index is 0.403. The van der Waals surface area contributed by atoms with Crippen molar-refractivity contribution in [3.8, 4) is 0 Å². The molecule has 1 aromatic carbocycles. The fourth-order valence-electron chi connectivity index (χ4n) is 1.28. The molecule has 0 aliphatic heterocycles. The van der Waals surface area contributed by atoms with Crippen molar-refractivity contribution in [2.24, 2.45) is 0 Å². The zero-order valence-electron chi connectivity index (χ0n) is 8.84. The lowest BCUT2D eigenvalue weighted by Crippen LogP contribution is -1.98. The summed E-state index contributed by atoms with van der Waals surface area (Å²) in [6, 6.07) is 5.33. The van der Waals surface area contributed by atoms with Crippen molar-refractivity contribution in [2.75, 3.05) is 5.32 Å². The molecule has 1 aromatic heterocycles. The van der Waals surface area contributed by atoms with Crippen LogP contribution >= 0.6 is 34.8 Å². The van der Waals surface area contributed by atoms with Crippen LogP contribution in [0, 0.1) is 6.92 Å². The van der Waals surface area contributed by atoms with E-state index in [-0.39, 0.29) is 0 Å².